The molecule has 0 atom stereocenters. The molecule has 84 valence electrons. The number of aliphatic hydroxyl groups is 1. The smallest absolute Gasteiger partial charge is 0.164 e. The van der Waals surface area contributed by atoms with Gasteiger partial charge in [0.1, 0.15) is 5.75 Å². The summed E-state index contributed by atoms with van der Waals surface area (Å²) < 4.78 is 15.7. The van der Waals surface area contributed by atoms with E-state index in [1.54, 1.807) is 26.4 Å². The van der Waals surface area contributed by atoms with Crippen LogP contribution in [0.4, 0.5) is 0 Å². The Morgan fingerprint density at radius 1 is 1.07 bits per heavy atom. The van der Waals surface area contributed by atoms with Crippen LogP contribution in [0.1, 0.15) is 12.5 Å². The molecule has 0 aromatic heterocycles. The molecular formula is C11H16O4. The van der Waals surface area contributed by atoms with Crippen molar-refractivity contribution < 1.29 is 19.3 Å². The Bertz CT molecular complexity index is 323. The van der Waals surface area contributed by atoms with Crippen molar-refractivity contribution in [3.05, 3.63) is 17.7 Å². The molecule has 0 spiro atoms. The lowest BCUT2D eigenvalue weighted by atomic mass is 10.2. The largest absolute Gasteiger partial charge is 0.496 e. The molecule has 0 aliphatic carbocycles. The lowest BCUT2D eigenvalue weighted by Crippen LogP contribution is -1.99. The molecule has 0 aliphatic rings. The van der Waals surface area contributed by atoms with Crippen LogP contribution >= 0.6 is 0 Å². The second-order valence-electron chi connectivity index (χ2n) is 2.91. The highest BCUT2D eigenvalue weighted by Crippen LogP contribution is 2.34. The van der Waals surface area contributed by atoms with Crippen LogP contribution in [0.25, 0.3) is 0 Å². The first-order valence-electron chi connectivity index (χ1n) is 4.75. The highest BCUT2D eigenvalue weighted by Gasteiger charge is 2.11. The Balaban J connectivity index is 3.15. The molecule has 0 radical (unpaired) electrons. The number of aliphatic hydroxyl groups excluding tert-OH is 1. The predicted molar refractivity (Wildman–Crippen MR) is 56.6 cm³/mol. The molecule has 0 saturated carbocycles. The van der Waals surface area contributed by atoms with E-state index in [2.05, 4.69) is 0 Å². The molecule has 0 unspecified atom stereocenters. The van der Waals surface area contributed by atoms with Crippen molar-refractivity contribution in [1.82, 2.24) is 0 Å². The Labute approximate surface area is 89.4 Å². The van der Waals surface area contributed by atoms with Gasteiger partial charge < -0.3 is 19.3 Å². The monoisotopic (exact) mass is 212 g/mol. The summed E-state index contributed by atoms with van der Waals surface area (Å²) in [5, 5.41) is 9.11. The van der Waals surface area contributed by atoms with E-state index in [0.29, 0.717) is 29.4 Å². The summed E-state index contributed by atoms with van der Waals surface area (Å²) in [6.07, 6.45) is 0. The average Bonchev–Trinajstić information content (AvgIpc) is 2.28. The van der Waals surface area contributed by atoms with E-state index in [9.17, 15) is 0 Å². The van der Waals surface area contributed by atoms with E-state index in [4.69, 9.17) is 19.3 Å². The van der Waals surface area contributed by atoms with Crippen LogP contribution in [-0.2, 0) is 6.61 Å². The van der Waals surface area contributed by atoms with Gasteiger partial charge in [0.2, 0.25) is 0 Å². The second kappa shape index (κ2) is 5.46. The van der Waals surface area contributed by atoms with E-state index in [1.807, 2.05) is 6.92 Å². The third kappa shape index (κ3) is 2.53. The SMILES string of the molecule is CCOc1cc(OC)c(CO)cc1OC. The maximum Gasteiger partial charge on any atom is 0.164 e. The fraction of sp³-hybridized carbons (Fsp3) is 0.455. The highest BCUT2D eigenvalue weighted by atomic mass is 16.5. The maximum atomic E-state index is 9.11. The van der Waals surface area contributed by atoms with Gasteiger partial charge in [-0.05, 0) is 13.0 Å². The molecule has 0 heterocycles. The Kier molecular flexibility index (Phi) is 4.24. The van der Waals surface area contributed by atoms with Crippen molar-refractivity contribution >= 4 is 0 Å². The topological polar surface area (TPSA) is 47.9 Å². The second-order valence-corrected chi connectivity index (χ2v) is 2.91. The third-order valence-corrected chi connectivity index (χ3v) is 2.04. The highest BCUT2D eigenvalue weighted by molar-refractivity contribution is 5.50. The normalized spacial score (nSPS) is 9.87. The van der Waals surface area contributed by atoms with Crippen LogP contribution < -0.4 is 14.2 Å². The summed E-state index contributed by atoms with van der Waals surface area (Å²) in [7, 11) is 3.11. The first-order valence-corrected chi connectivity index (χ1v) is 4.75. The van der Waals surface area contributed by atoms with Crippen LogP contribution in [0.2, 0.25) is 0 Å². The van der Waals surface area contributed by atoms with Gasteiger partial charge >= 0.3 is 0 Å². The summed E-state index contributed by atoms with van der Waals surface area (Å²) in [6, 6.07) is 3.43. The molecule has 0 aliphatic heterocycles. The van der Waals surface area contributed by atoms with Crippen LogP contribution in [0, 0.1) is 0 Å². The summed E-state index contributed by atoms with van der Waals surface area (Å²) in [6.45, 7) is 2.36. The number of benzene rings is 1. The van der Waals surface area contributed by atoms with Gasteiger partial charge in [0.25, 0.3) is 0 Å². The van der Waals surface area contributed by atoms with Gasteiger partial charge in [-0.2, -0.15) is 0 Å². The molecule has 1 aromatic rings. The van der Waals surface area contributed by atoms with Gasteiger partial charge in [0, 0.05) is 11.6 Å². The maximum absolute atomic E-state index is 9.11. The molecule has 0 fully saturated rings. The Morgan fingerprint density at radius 2 is 1.73 bits per heavy atom. The van der Waals surface area contributed by atoms with Crippen molar-refractivity contribution in [1.29, 1.82) is 0 Å². The standard InChI is InChI=1S/C11H16O4/c1-4-15-11-6-9(13-2)8(7-12)5-10(11)14-3/h5-6,12H,4,7H2,1-3H3. The van der Waals surface area contributed by atoms with Gasteiger partial charge in [-0.15, -0.1) is 0 Å². The van der Waals surface area contributed by atoms with Crippen LogP contribution in [0.3, 0.4) is 0 Å². The van der Waals surface area contributed by atoms with Gasteiger partial charge in [-0.1, -0.05) is 0 Å². The van der Waals surface area contributed by atoms with E-state index >= 15 is 0 Å². The van der Waals surface area contributed by atoms with Gasteiger partial charge in [-0.25, -0.2) is 0 Å². The van der Waals surface area contributed by atoms with Crippen LogP contribution in [0.5, 0.6) is 17.2 Å². The zero-order valence-electron chi connectivity index (χ0n) is 9.24. The molecule has 1 rings (SSSR count). The van der Waals surface area contributed by atoms with E-state index in [1.165, 1.54) is 0 Å². The molecular weight excluding hydrogens is 196 g/mol. The van der Waals surface area contributed by atoms with Crippen molar-refractivity contribution in [2.75, 3.05) is 20.8 Å². The van der Waals surface area contributed by atoms with E-state index in [0.717, 1.165) is 0 Å². The van der Waals surface area contributed by atoms with Crippen molar-refractivity contribution in [3.63, 3.8) is 0 Å². The van der Waals surface area contributed by atoms with Gasteiger partial charge in [-0.3, -0.25) is 0 Å². The van der Waals surface area contributed by atoms with Crippen molar-refractivity contribution in [3.8, 4) is 17.2 Å². The number of methoxy groups -OCH3 is 2. The Morgan fingerprint density at radius 3 is 2.20 bits per heavy atom. The van der Waals surface area contributed by atoms with Gasteiger partial charge in [0.05, 0.1) is 27.4 Å². The minimum atomic E-state index is -0.0913. The molecule has 15 heavy (non-hydrogen) atoms. The molecule has 0 bridgehead atoms. The van der Waals surface area contributed by atoms with Crippen LogP contribution in [-0.4, -0.2) is 25.9 Å². The van der Waals surface area contributed by atoms with E-state index < -0.39 is 0 Å². The summed E-state index contributed by atoms with van der Waals surface area (Å²) >= 11 is 0. The predicted octanol–water partition coefficient (Wildman–Crippen LogP) is 1.59. The molecule has 4 heteroatoms. The first kappa shape index (κ1) is 11.7. The minimum absolute atomic E-state index is 0.0913. The van der Waals surface area contributed by atoms with Crippen molar-refractivity contribution in [2.24, 2.45) is 0 Å². The number of ether oxygens (including phenoxy) is 3. The lowest BCUT2D eigenvalue weighted by Gasteiger charge is -2.13. The Hall–Kier alpha value is -1.42. The third-order valence-electron chi connectivity index (χ3n) is 2.04. The molecule has 0 amide bonds. The minimum Gasteiger partial charge on any atom is -0.496 e. The lowest BCUT2D eigenvalue weighted by molar-refractivity contribution is 0.269. The summed E-state index contributed by atoms with van der Waals surface area (Å²) in [5.74, 6) is 1.82. The molecule has 0 saturated heterocycles. The zero-order valence-corrected chi connectivity index (χ0v) is 9.24. The fourth-order valence-corrected chi connectivity index (χ4v) is 1.32. The van der Waals surface area contributed by atoms with Gasteiger partial charge in [0.15, 0.2) is 11.5 Å². The zero-order chi connectivity index (χ0) is 11.3. The number of rotatable bonds is 5. The summed E-state index contributed by atoms with van der Waals surface area (Å²) in [4.78, 5) is 0. The number of hydrogen-bond donors (Lipinski definition) is 1. The molecule has 1 N–H and O–H groups in total. The van der Waals surface area contributed by atoms with Crippen LogP contribution in [0.15, 0.2) is 12.1 Å². The fourth-order valence-electron chi connectivity index (χ4n) is 1.32. The number of hydrogen-bond acceptors (Lipinski definition) is 4. The first-order chi connectivity index (χ1) is 7.26. The molecule has 4 nitrogen and oxygen atoms in total. The van der Waals surface area contributed by atoms with Crippen molar-refractivity contribution in [2.45, 2.75) is 13.5 Å². The van der Waals surface area contributed by atoms with E-state index in [-0.39, 0.29) is 6.61 Å². The molecule has 1 aromatic carbocycles. The summed E-state index contributed by atoms with van der Waals surface area (Å²) in [5.41, 5.74) is 0.679. The average molecular weight is 212 g/mol. The quantitative estimate of drug-likeness (QED) is 0.805.